The quantitative estimate of drug-likeness (QED) is 0.173. The molecular weight excluding hydrogens is 856 g/mol. The fourth-order valence-corrected chi connectivity index (χ4v) is 10.5. The molecule has 0 radical (unpaired) electrons. The summed E-state index contributed by atoms with van der Waals surface area (Å²) in [4.78, 5) is 7.48. The molecule has 0 bridgehead atoms. The zero-order valence-corrected chi connectivity index (χ0v) is 35.4. The molecular formula is C49H48N4OPt. The van der Waals surface area contributed by atoms with E-state index in [1.54, 1.807) is 0 Å². The molecule has 0 amide bonds. The molecule has 0 saturated carbocycles. The summed E-state index contributed by atoms with van der Waals surface area (Å²) in [6, 6.07) is 43.2. The van der Waals surface area contributed by atoms with Crippen molar-refractivity contribution < 1.29 is 24.1 Å². The Bertz CT molecular complexity index is 2730. The van der Waals surface area contributed by atoms with Gasteiger partial charge in [0.25, 0.3) is 0 Å². The van der Waals surface area contributed by atoms with Crippen molar-refractivity contribution in [3.63, 3.8) is 0 Å². The molecule has 6 heteroatoms. The number of benzene rings is 5. The Kier molecular flexibility index (Phi) is 7.95. The van der Waals surface area contributed by atoms with Crippen molar-refractivity contribution in [1.82, 2.24) is 14.1 Å². The minimum absolute atomic E-state index is 0.00677. The van der Waals surface area contributed by atoms with Crippen LogP contribution in [-0.4, -0.2) is 14.1 Å². The Balaban J connectivity index is 1.19. The molecule has 0 fully saturated rings. The fraction of sp³-hybridized carbons (Fsp3) is 0.265. The standard InChI is InChI=1S/C49H48N4O.Pt/c1-32-26-27-50-43(28-32)53-42-30-36(22-23-37(42)46(2,3)39-25-24-38-44(45(39)53)48(6,7)49(8,9)47(38,4)5)54-35-19-15-18-34(29-35)52-31-51(33-16-11-10-12-17-33)40-20-13-14-21-41(40)52;/h10-30H,1-9H3;. The molecule has 280 valence electrons. The minimum atomic E-state index is -0.258. The van der Waals surface area contributed by atoms with E-state index in [0.717, 1.165) is 49.2 Å². The average molecular weight is 904 g/mol. The number of pyridine rings is 1. The summed E-state index contributed by atoms with van der Waals surface area (Å²) in [6.07, 6.45) is 1.94. The van der Waals surface area contributed by atoms with E-state index in [9.17, 15) is 0 Å². The van der Waals surface area contributed by atoms with E-state index in [-0.39, 0.29) is 21.7 Å². The Morgan fingerprint density at radius 3 is 1.91 bits per heavy atom. The van der Waals surface area contributed by atoms with Crippen LogP contribution in [0.15, 0.2) is 128 Å². The van der Waals surface area contributed by atoms with E-state index in [0.29, 0.717) is 0 Å². The smallest absolute Gasteiger partial charge is 0.0582 e. The molecule has 0 atom stereocenters. The van der Waals surface area contributed by atoms with Crippen LogP contribution in [-0.2, 0) is 35.6 Å². The molecule has 5 aromatic carbocycles. The molecule has 55 heavy (non-hydrogen) atoms. The van der Waals surface area contributed by atoms with Gasteiger partial charge in [-0.1, -0.05) is 53.7 Å². The number of fused-ring (bicyclic) bond motifs is 5. The van der Waals surface area contributed by atoms with Crippen LogP contribution in [0.5, 0.6) is 11.5 Å². The Labute approximate surface area is 335 Å². The van der Waals surface area contributed by atoms with Crippen LogP contribution in [0.2, 0.25) is 0 Å². The molecule has 0 saturated heterocycles. The third kappa shape index (κ3) is 5.08. The Morgan fingerprint density at radius 1 is 0.582 bits per heavy atom. The summed E-state index contributed by atoms with van der Waals surface area (Å²) in [7, 11) is 0. The summed E-state index contributed by atoms with van der Waals surface area (Å²) < 4.78 is 12.5. The van der Waals surface area contributed by atoms with Crippen LogP contribution >= 0.6 is 0 Å². The second-order valence-corrected chi connectivity index (χ2v) is 18.4. The van der Waals surface area contributed by atoms with Gasteiger partial charge in [0, 0.05) is 6.20 Å². The molecule has 0 N–H and O–H groups in total. The monoisotopic (exact) mass is 903 g/mol. The molecule has 7 aromatic rings. The zero-order chi connectivity index (χ0) is 38.7. The van der Waals surface area contributed by atoms with Crippen molar-refractivity contribution in [2.45, 2.75) is 78.6 Å². The molecule has 2 aromatic heterocycles. The van der Waals surface area contributed by atoms with Gasteiger partial charge < -0.3 is 0 Å². The number of para-hydroxylation sites is 3. The van der Waals surface area contributed by atoms with Crippen molar-refractivity contribution in [3.05, 3.63) is 159 Å². The molecule has 9 rings (SSSR count). The van der Waals surface area contributed by atoms with Gasteiger partial charge in [-0.05, 0) is 40.4 Å². The molecule has 0 spiro atoms. The minimum Gasteiger partial charge on any atom is -0.0582 e. The molecule has 0 unspecified atom stereocenters. The number of nitrogens with zero attached hydrogens (tertiary/aromatic N) is 4. The van der Waals surface area contributed by atoms with E-state index in [1.807, 2.05) is 12.3 Å². The summed E-state index contributed by atoms with van der Waals surface area (Å²) in [5, 5.41) is 0. The zero-order valence-electron chi connectivity index (χ0n) is 33.1. The molecule has 2 aliphatic rings. The van der Waals surface area contributed by atoms with Crippen LogP contribution in [0, 0.1) is 16.1 Å². The van der Waals surface area contributed by atoms with Gasteiger partial charge in [-0.3, -0.25) is 0 Å². The van der Waals surface area contributed by atoms with Crippen molar-refractivity contribution in [3.8, 4) is 22.9 Å². The SMILES string of the molecule is Cc1ccnc(N2c3cc(Oc4cccc(-n5[c](=[Pt])n(-c6ccccc6)c6ccccc65)c4)ccc3C(C)(C)c3ccc4c(c32)C(C)(C)C(C)(C)C4(C)C)c1. The molecule has 3 heterocycles. The van der Waals surface area contributed by atoms with Crippen LogP contribution in [0.25, 0.3) is 22.4 Å². The van der Waals surface area contributed by atoms with E-state index in [4.69, 9.17) is 9.72 Å². The summed E-state index contributed by atoms with van der Waals surface area (Å²) in [5.41, 5.74) is 13.0. The third-order valence-corrected chi connectivity index (χ3v) is 14.6. The maximum absolute atomic E-state index is 6.84. The topological polar surface area (TPSA) is 35.2 Å². The fourth-order valence-electron chi connectivity index (χ4n) is 9.35. The third-order valence-electron chi connectivity index (χ3n) is 13.5. The van der Waals surface area contributed by atoms with Crippen LogP contribution < -0.4 is 9.64 Å². The average Bonchev–Trinajstić information content (AvgIpc) is 3.51. The van der Waals surface area contributed by atoms with Gasteiger partial charge in [-0.2, -0.15) is 0 Å². The first-order valence-corrected chi connectivity index (χ1v) is 20.4. The summed E-state index contributed by atoms with van der Waals surface area (Å²) >= 11 is 2.44. The van der Waals surface area contributed by atoms with Gasteiger partial charge in [0.1, 0.15) is 0 Å². The summed E-state index contributed by atoms with van der Waals surface area (Å²) in [6.45, 7) is 21.5. The van der Waals surface area contributed by atoms with Crippen LogP contribution in [0.4, 0.5) is 17.2 Å². The van der Waals surface area contributed by atoms with Crippen LogP contribution in [0.3, 0.4) is 0 Å². The number of hydrogen-bond acceptors (Lipinski definition) is 3. The van der Waals surface area contributed by atoms with Gasteiger partial charge >= 0.3 is 237 Å². The normalized spacial score (nSPS) is 17.1. The number of hydrogen-bond donors (Lipinski definition) is 0. The summed E-state index contributed by atoms with van der Waals surface area (Å²) in [5.74, 6) is 2.48. The van der Waals surface area contributed by atoms with Crippen molar-refractivity contribution in [2.75, 3.05) is 4.90 Å². The van der Waals surface area contributed by atoms with Crippen molar-refractivity contribution in [1.29, 1.82) is 0 Å². The maximum atomic E-state index is 6.84. The Hall–Kier alpha value is -4.99. The van der Waals surface area contributed by atoms with Gasteiger partial charge in [-0.25, -0.2) is 0 Å². The van der Waals surface area contributed by atoms with Gasteiger partial charge in [-0.15, -0.1) is 0 Å². The first-order valence-electron chi connectivity index (χ1n) is 19.2. The molecule has 5 nitrogen and oxygen atoms in total. The van der Waals surface area contributed by atoms with E-state index >= 15 is 0 Å². The predicted molar refractivity (Wildman–Crippen MR) is 222 cm³/mol. The molecule has 1 aliphatic heterocycles. The van der Waals surface area contributed by atoms with Crippen molar-refractivity contribution in [2.24, 2.45) is 5.41 Å². The number of imidazole rings is 1. The van der Waals surface area contributed by atoms with Crippen LogP contribution in [0.1, 0.15) is 83.2 Å². The molecule has 1 aliphatic carbocycles. The van der Waals surface area contributed by atoms with Gasteiger partial charge in [0.15, 0.2) is 0 Å². The second kappa shape index (κ2) is 12.3. The van der Waals surface area contributed by atoms with Gasteiger partial charge in [0.05, 0.1) is 0 Å². The second-order valence-electron chi connectivity index (χ2n) is 17.4. The number of ether oxygens (including phenoxy) is 1. The van der Waals surface area contributed by atoms with E-state index < -0.39 is 0 Å². The number of rotatable bonds is 5. The van der Waals surface area contributed by atoms with Crippen molar-refractivity contribution >= 4 is 28.2 Å². The number of aromatic nitrogens is 3. The predicted octanol–water partition coefficient (Wildman–Crippen LogP) is 12.7. The Morgan fingerprint density at radius 2 is 1.20 bits per heavy atom. The van der Waals surface area contributed by atoms with E-state index in [1.165, 1.54) is 33.5 Å². The number of aryl methyl sites for hydroxylation is 1. The van der Waals surface area contributed by atoms with E-state index in [2.05, 4.69) is 211 Å². The first-order chi connectivity index (χ1) is 26.1. The first kappa shape index (κ1) is 35.7. The number of anilines is 3. The van der Waals surface area contributed by atoms with Gasteiger partial charge in [0.2, 0.25) is 0 Å².